The van der Waals surface area contributed by atoms with Gasteiger partial charge >= 0.3 is 6.03 Å². The molecule has 2 rings (SSSR count). The Morgan fingerprint density at radius 2 is 2.27 bits per heavy atom. The number of carbonyl (C=O) groups is 1. The van der Waals surface area contributed by atoms with Crippen molar-refractivity contribution in [2.24, 2.45) is 5.92 Å². The standard InChI is InChI=1S/C16H28N4O2/c1-14-6-3-4-7-15(14)22-13-9-17-16(21)19(2)11-12-20-10-5-8-18-20/h5,8,10,14-15H,3-4,6-7,9,11-13H2,1-2H3,(H,17,21)/t14-,15+/m0/s1. The van der Waals surface area contributed by atoms with E-state index < -0.39 is 0 Å². The van der Waals surface area contributed by atoms with E-state index in [0.717, 1.165) is 6.42 Å². The third kappa shape index (κ3) is 5.33. The molecule has 1 aliphatic carbocycles. The van der Waals surface area contributed by atoms with Gasteiger partial charge < -0.3 is 15.0 Å². The van der Waals surface area contributed by atoms with Crippen molar-refractivity contribution in [1.82, 2.24) is 20.0 Å². The fourth-order valence-corrected chi connectivity index (χ4v) is 2.82. The second-order valence-electron chi connectivity index (χ2n) is 6.09. The Morgan fingerprint density at radius 1 is 1.45 bits per heavy atom. The fourth-order valence-electron chi connectivity index (χ4n) is 2.82. The first-order valence-electron chi connectivity index (χ1n) is 8.25. The Bertz CT molecular complexity index is 435. The summed E-state index contributed by atoms with van der Waals surface area (Å²) >= 11 is 0. The predicted molar refractivity (Wildman–Crippen MR) is 85.6 cm³/mol. The zero-order chi connectivity index (χ0) is 15.8. The van der Waals surface area contributed by atoms with E-state index in [2.05, 4.69) is 17.3 Å². The summed E-state index contributed by atoms with van der Waals surface area (Å²) in [5, 5.41) is 7.02. The van der Waals surface area contributed by atoms with Crippen LogP contribution in [0.1, 0.15) is 32.6 Å². The van der Waals surface area contributed by atoms with E-state index in [-0.39, 0.29) is 6.03 Å². The van der Waals surface area contributed by atoms with Crippen molar-refractivity contribution in [3.63, 3.8) is 0 Å². The number of aromatic nitrogens is 2. The Balaban J connectivity index is 1.56. The van der Waals surface area contributed by atoms with Gasteiger partial charge in [0, 0.05) is 32.5 Å². The first-order chi connectivity index (χ1) is 10.7. The van der Waals surface area contributed by atoms with Crippen molar-refractivity contribution in [3.8, 4) is 0 Å². The Labute approximate surface area is 132 Å². The third-order valence-corrected chi connectivity index (χ3v) is 4.31. The first-order valence-corrected chi connectivity index (χ1v) is 8.25. The SMILES string of the molecule is C[C@H]1CCCC[C@H]1OCCNC(=O)N(C)CCn1cccn1. The maximum atomic E-state index is 11.9. The lowest BCUT2D eigenvalue weighted by Gasteiger charge is -2.28. The number of ether oxygens (including phenoxy) is 1. The van der Waals surface area contributed by atoms with E-state index in [9.17, 15) is 4.79 Å². The molecule has 1 N–H and O–H groups in total. The molecule has 2 amide bonds. The molecule has 0 saturated heterocycles. The molecule has 1 aromatic heterocycles. The largest absolute Gasteiger partial charge is 0.376 e. The monoisotopic (exact) mass is 308 g/mol. The molecular formula is C16H28N4O2. The molecule has 1 fully saturated rings. The molecule has 1 heterocycles. The van der Waals surface area contributed by atoms with Gasteiger partial charge in [-0.3, -0.25) is 4.68 Å². The predicted octanol–water partition coefficient (Wildman–Crippen LogP) is 2.12. The van der Waals surface area contributed by atoms with Gasteiger partial charge in [0.1, 0.15) is 0 Å². The van der Waals surface area contributed by atoms with E-state index in [4.69, 9.17) is 4.74 Å². The van der Waals surface area contributed by atoms with Gasteiger partial charge in [0.05, 0.1) is 19.3 Å². The van der Waals surface area contributed by atoms with Gasteiger partial charge in [0.25, 0.3) is 0 Å². The van der Waals surface area contributed by atoms with Gasteiger partial charge in [-0.15, -0.1) is 0 Å². The van der Waals surface area contributed by atoms with Crippen LogP contribution in [0, 0.1) is 5.92 Å². The number of carbonyl (C=O) groups excluding carboxylic acids is 1. The van der Waals surface area contributed by atoms with Gasteiger partial charge in [-0.25, -0.2) is 4.79 Å². The van der Waals surface area contributed by atoms with Gasteiger partial charge in [-0.05, 0) is 24.8 Å². The van der Waals surface area contributed by atoms with E-state index in [1.54, 1.807) is 18.1 Å². The van der Waals surface area contributed by atoms with Crippen molar-refractivity contribution in [1.29, 1.82) is 0 Å². The molecule has 0 spiro atoms. The van der Waals surface area contributed by atoms with Crippen LogP contribution < -0.4 is 5.32 Å². The van der Waals surface area contributed by atoms with Crippen LogP contribution in [0.4, 0.5) is 4.79 Å². The van der Waals surface area contributed by atoms with E-state index in [1.165, 1.54) is 19.3 Å². The van der Waals surface area contributed by atoms with Gasteiger partial charge in [0.2, 0.25) is 0 Å². The molecule has 0 radical (unpaired) electrons. The molecular weight excluding hydrogens is 280 g/mol. The summed E-state index contributed by atoms with van der Waals surface area (Å²) in [6.45, 7) is 4.74. The number of rotatable bonds is 7. The highest BCUT2D eigenvalue weighted by molar-refractivity contribution is 5.73. The molecule has 22 heavy (non-hydrogen) atoms. The summed E-state index contributed by atoms with van der Waals surface area (Å²) in [6, 6.07) is 1.82. The molecule has 0 unspecified atom stereocenters. The number of hydrogen-bond donors (Lipinski definition) is 1. The van der Waals surface area contributed by atoms with Gasteiger partial charge in [-0.1, -0.05) is 19.8 Å². The minimum Gasteiger partial charge on any atom is -0.376 e. The molecule has 1 aliphatic rings. The summed E-state index contributed by atoms with van der Waals surface area (Å²) in [6.07, 6.45) is 8.99. The van der Waals surface area contributed by atoms with Gasteiger partial charge in [0.15, 0.2) is 0 Å². The number of hydrogen-bond acceptors (Lipinski definition) is 3. The summed E-state index contributed by atoms with van der Waals surface area (Å²) < 4.78 is 7.71. The first kappa shape index (κ1) is 16.8. The highest BCUT2D eigenvalue weighted by Crippen LogP contribution is 2.25. The molecule has 1 aromatic rings. The van der Waals surface area contributed by atoms with Crippen LogP contribution in [-0.4, -0.2) is 53.6 Å². The average Bonchev–Trinajstić information content (AvgIpc) is 3.04. The lowest BCUT2D eigenvalue weighted by atomic mass is 9.88. The van der Waals surface area contributed by atoms with Crippen LogP contribution in [0.3, 0.4) is 0 Å². The van der Waals surface area contributed by atoms with Crippen LogP contribution in [-0.2, 0) is 11.3 Å². The van der Waals surface area contributed by atoms with Crippen molar-refractivity contribution in [2.45, 2.75) is 45.3 Å². The van der Waals surface area contributed by atoms with Crippen LogP contribution in [0.15, 0.2) is 18.5 Å². The quantitative estimate of drug-likeness (QED) is 0.785. The number of nitrogens with zero attached hydrogens (tertiary/aromatic N) is 3. The van der Waals surface area contributed by atoms with Crippen molar-refractivity contribution < 1.29 is 9.53 Å². The van der Waals surface area contributed by atoms with E-state index >= 15 is 0 Å². The second-order valence-corrected chi connectivity index (χ2v) is 6.09. The molecule has 0 aromatic carbocycles. The van der Waals surface area contributed by atoms with Crippen LogP contribution >= 0.6 is 0 Å². The number of urea groups is 1. The minimum absolute atomic E-state index is 0.0625. The van der Waals surface area contributed by atoms with E-state index in [1.807, 2.05) is 16.9 Å². The van der Waals surface area contributed by atoms with Crippen molar-refractivity contribution >= 4 is 6.03 Å². The molecule has 1 saturated carbocycles. The zero-order valence-electron chi connectivity index (χ0n) is 13.7. The maximum absolute atomic E-state index is 11.9. The Hall–Kier alpha value is -1.56. The second kappa shape index (κ2) is 8.78. The average molecular weight is 308 g/mol. The molecule has 6 heteroatoms. The Kier molecular flexibility index (Phi) is 6.71. The third-order valence-electron chi connectivity index (χ3n) is 4.31. The number of amides is 2. The molecule has 0 aliphatic heterocycles. The highest BCUT2D eigenvalue weighted by atomic mass is 16.5. The van der Waals surface area contributed by atoms with E-state index in [0.29, 0.717) is 38.3 Å². The van der Waals surface area contributed by atoms with Crippen LogP contribution in [0.5, 0.6) is 0 Å². The lowest BCUT2D eigenvalue weighted by Crippen LogP contribution is -2.41. The number of nitrogens with one attached hydrogen (secondary N) is 1. The minimum atomic E-state index is -0.0625. The number of likely N-dealkylation sites (N-methyl/N-ethyl adjacent to an activating group) is 1. The highest BCUT2D eigenvalue weighted by Gasteiger charge is 2.21. The molecule has 0 bridgehead atoms. The lowest BCUT2D eigenvalue weighted by molar-refractivity contribution is -0.00266. The molecule has 124 valence electrons. The normalized spacial score (nSPS) is 21.5. The van der Waals surface area contributed by atoms with Crippen molar-refractivity contribution in [2.75, 3.05) is 26.7 Å². The van der Waals surface area contributed by atoms with Crippen LogP contribution in [0.25, 0.3) is 0 Å². The van der Waals surface area contributed by atoms with Gasteiger partial charge in [-0.2, -0.15) is 5.10 Å². The summed E-state index contributed by atoms with van der Waals surface area (Å²) in [5.41, 5.74) is 0. The zero-order valence-corrected chi connectivity index (χ0v) is 13.7. The Morgan fingerprint density at radius 3 is 3.00 bits per heavy atom. The summed E-state index contributed by atoms with van der Waals surface area (Å²) in [5.74, 6) is 0.640. The van der Waals surface area contributed by atoms with Crippen LogP contribution in [0.2, 0.25) is 0 Å². The fraction of sp³-hybridized carbons (Fsp3) is 0.750. The smallest absolute Gasteiger partial charge is 0.317 e. The van der Waals surface area contributed by atoms with Crippen molar-refractivity contribution in [3.05, 3.63) is 18.5 Å². The topological polar surface area (TPSA) is 59.4 Å². The summed E-state index contributed by atoms with van der Waals surface area (Å²) in [7, 11) is 1.79. The molecule has 6 nitrogen and oxygen atoms in total. The maximum Gasteiger partial charge on any atom is 0.317 e. The molecule has 2 atom stereocenters. The summed E-state index contributed by atoms with van der Waals surface area (Å²) in [4.78, 5) is 13.6.